The summed E-state index contributed by atoms with van der Waals surface area (Å²) in [5, 5.41) is 6.92. The maximum absolute atomic E-state index is 5.80. The fourth-order valence-electron chi connectivity index (χ4n) is 3.01. The Morgan fingerprint density at radius 1 is 1.38 bits per heavy atom. The first kappa shape index (κ1) is 18.6. The minimum absolute atomic E-state index is 0.230. The summed E-state index contributed by atoms with van der Waals surface area (Å²) in [4.78, 5) is 4.36. The SMILES string of the molecule is CCOC(CCNC(=NC)NC1CCOc2ccccc21)C(C)C. The summed E-state index contributed by atoms with van der Waals surface area (Å²) < 4.78 is 11.5. The fourth-order valence-corrected chi connectivity index (χ4v) is 3.01. The zero-order valence-electron chi connectivity index (χ0n) is 15.3. The van der Waals surface area contributed by atoms with Gasteiger partial charge in [-0.3, -0.25) is 4.99 Å². The molecule has 2 unspecified atom stereocenters. The van der Waals surface area contributed by atoms with Crippen LogP contribution >= 0.6 is 0 Å². The van der Waals surface area contributed by atoms with Crippen LogP contribution in [0.3, 0.4) is 0 Å². The predicted molar refractivity (Wildman–Crippen MR) is 98.7 cm³/mol. The minimum atomic E-state index is 0.230. The minimum Gasteiger partial charge on any atom is -0.493 e. The maximum Gasteiger partial charge on any atom is 0.191 e. The molecule has 2 N–H and O–H groups in total. The van der Waals surface area contributed by atoms with E-state index in [1.165, 1.54) is 5.56 Å². The number of guanidine groups is 1. The molecule has 1 aliphatic heterocycles. The Labute approximate surface area is 145 Å². The molecule has 134 valence electrons. The summed E-state index contributed by atoms with van der Waals surface area (Å²) in [6, 6.07) is 8.42. The molecule has 0 aromatic heterocycles. The van der Waals surface area contributed by atoms with Crippen molar-refractivity contribution in [2.24, 2.45) is 10.9 Å². The standard InChI is InChI=1S/C19H31N3O2/c1-5-23-17(14(2)3)10-12-21-19(20-4)22-16-11-13-24-18-9-7-6-8-15(16)18/h6-9,14,16-17H,5,10-13H2,1-4H3,(H2,20,21,22). The molecule has 1 heterocycles. The first-order valence-corrected chi connectivity index (χ1v) is 8.96. The molecule has 1 aliphatic rings. The second-order valence-electron chi connectivity index (χ2n) is 6.40. The van der Waals surface area contributed by atoms with Crippen LogP contribution < -0.4 is 15.4 Å². The molecule has 2 atom stereocenters. The molecule has 0 fully saturated rings. The van der Waals surface area contributed by atoms with Crippen LogP contribution in [0.4, 0.5) is 0 Å². The number of fused-ring (bicyclic) bond motifs is 1. The van der Waals surface area contributed by atoms with E-state index < -0.39 is 0 Å². The molecule has 5 nitrogen and oxygen atoms in total. The van der Waals surface area contributed by atoms with Crippen molar-refractivity contribution in [3.8, 4) is 5.75 Å². The number of hydrogen-bond acceptors (Lipinski definition) is 3. The summed E-state index contributed by atoms with van der Waals surface area (Å²) in [5.74, 6) is 2.31. The molecule has 1 aromatic carbocycles. The van der Waals surface area contributed by atoms with Crippen LogP contribution in [0.15, 0.2) is 29.3 Å². The lowest BCUT2D eigenvalue weighted by atomic mass is 10.0. The van der Waals surface area contributed by atoms with E-state index in [0.29, 0.717) is 5.92 Å². The Morgan fingerprint density at radius 2 is 2.17 bits per heavy atom. The van der Waals surface area contributed by atoms with Gasteiger partial charge >= 0.3 is 0 Å². The van der Waals surface area contributed by atoms with E-state index in [2.05, 4.69) is 35.5 Å². The van der Waals surface area contributed by atoms with Crippen LogP contribution in [0.5, 0.6) is 5.75 Å². The third kappa shape index (κ3) is 5.13. The van der Waals surface area contributed by atoms with Crippen LogP contribution in [0.1, 0.15) is 45.2 Å². The van der Waals surface area contributed by atoms with Crippen molar-refractivity contribution in [2.45, 2.75) is 45.8 Å². The molecule has 0 aliphatic carbocycles. The second kappa shape index (κ2) is 9.52. The van der Waals surface area contributed by atoms with E-state index in [-0.39, 0.29) is 12.1 Å². The summed E-state index contributed by atoms with van der Waals surface area (Å²) >= 11 is 0. The Morgan fingerprint density at radius 3 is 2.88 bits per heavy atom. The monoisotopic (exact) mass is 333 g/mol. The number of nitrogens with zero attached hydrogens (tertiary/aromatic N) is 1. The zero-order valence-corrected chi connectivity index (χ0v) is 15.3. The molecule has 2 rings (SSSR count). The van der Waals surface area contributed by atoms with E-state index in [4.69, 9.17) is 9.47 Å². The van der Waals surface area contributed by atoms with E-state index in [0.717, 1.165) is 44.3 Å². The summed E-state index contributed by atoms with van der Waals surface area (Å²) in [6.45, 7) is 8.78. The van der Waals surface area contributed by atoms with Crippen molar-refractivity contribution >= 4 is 5.96 Å². The fraction of sp³-hybridized carbons (Fsp3) is 0.632. The lowest BCUT2D eigenvalue weighted by Gasteiger charge is -2.28. The highest BCUT2D eigenvalue weighted by Crippen LogP contribution is 2.31. The highest BCUT2D eigenvalue weighted by atomic mass is 16.5. The van der Waals surface area contributed by atoms with E-state index >= 15 is 0 Å². The molecule has 0 spiro atoms. The van der Waals surface area contributed by atoms with Crippen molar-refractivity contribution in [3.05, 3.63) is 29.8 Å². The van der Waals surface area contributed by atoms with Gasteiger partial charge in [-0.1, -0.05) is 32.0 Å². The molecule has 5 heteroatoms. The first-order valence-electron chi connectivity index (χ1n) is 8.96. The predicted octanol–water partition coefficient (Wildman–Crippen LogP) is 3.13. The van der Waals surface area contributed by atoms with Crippen LogP contribution in [0, 0.1) is 5.92 Å². The first-order chi connectivity index (χ1) is 11.7. The van der Waals surface area contributed by atoms with Gasteiger partial charge in [-0.2, -0.15) is 0 Å². The molecule has 0 saturated carbocycles. The van der Waals surface area contributed by atoms with Crippen molar-refractivity contribution in [1.29, 1.82) is 0 Å². The summed E-state index contributed by atoms with van der Waals surface area (Å²) in [5.41, 5.74) is 1.20. The van der Waals surface area contributed by atoms with Crippen molar-refractivity contribution in [1.82, 2.24) is 10.6 Å². The normalized spacial score (nSPS) is 18.7. The molecule has 0 amide bonds. The average Bonchev–Trinajstić information content (AvgIpc) is 2.60. The number of ether oxygens (including phenoxy) is 2. The maximum atomic E-state index is 5.80. The number of benzene rings is 1. The van der Waals surface area contributed by atoms with Crippen molar-refractivity contribution in [3.63, 3.8) is 0 Å². The molecule has 0 saturated heterocycles. The van der Waals surface area contributed by atoms with E-state index in [1.54, 1.807) is 0 Å². The van der Waals surface area contributed by atoms with Crippen LogP contribution in [0.2, 0.25) is 0 Å². The van der Waals surface area contributed by atoms with Crippen LogP contribution in [0.25, 0.3) is 0 Å². The topological polar surface area (TPSA) is 54.9 Å². The lowest BCUT2D eigenvalue weighted by Crippen LogP contribution is -2.42. The second-order valence-corrected chi connectivity index (χ2v) is 6.40. The highest BCUT2D eigenvalue weighted by Gasteiger charge is 2.22. The van der Waals surface area contributed by atoms with Gasteiger partial charge in [0.2, 0.25) is 0 Å². The van der Waals surface area contributed by atoms with E-state index in [1.807, 2.05) is 32.2 Å². The lowest BCUT2D eigenvalue weighted by molar-refractivity contribution is 0.0258. The largest absolute Gasteiger partial charge is 0.493 e. The molecule has 1 aromatic rings. The third-order valence-electron chi connectivity index (χ3n) is 4.34. The molecule has 0 bridgehead atoms. The van der Waals surface area contributed by atoms with Gasteiger partial charge in [0.25, 0.3) is 0 Å². The van der Waals surface area contributed by atoms with Crippen LogP contribution in [-0.2, 0) is 4.74 Å². The number of rotatable bonds is 7. The number of aliphatic imine (C=N–C) groups is 1. The summed E-state index contributed by atoms with van der Waals surface area (Å²) in [7, 11) is 1.81. The van der Waals surface area contributed by atoms with Gasteiger partial charge in [-0.15, -0.1) is 0 Å². The smallest absolute Gasteiger partial charge is 0.191 e. The average molecular weight is 333 g/mol. The van der Waals surface area contributed by atoms with Gasteiger partial charge in [0, 0.05) is 32.2 Å². The molecular formula is C19H31N3O2. The van der Waals surface area contributed by atoms with Gasteiger partial charge < -0.3 is 20.1 Å². The number of hydrogen-bond donors (Lipinski definition) is 2. The van der Waals surface area contributed by atoms with Crippen LogP contribution in [-0.4, -0.2) is 38.9 Å². The Kier molecular flexibility index (Phi) is 7.37. The van der Waals surface area contributed by atoms with Crippen molar-refractivity contribution in [2.75, 3.05) is 26.8 Å². The third-order valence-corrected chi connectivity index (χ3v) is 4.34. The summed E-state index contributed by atoms with van der Waals surface area (Å²) in [6.07, 6.45) is 2.19. The zero-order chi connectivity index (χ0) is 17.4. The van der Waals surface area contributed by atoms with E-state index in [9.17, 15) is 0 Å². The highest BCUT2D eigenvalue weighted by molar-refractivity contribution is 5.80. The van der Waals surface area contributed by atoms with Gasteiger partial charge in [0.1, 0.15) is 5.75 Å². The Bertz CT molecular complexity index is 531. The van der Waals surface area contributed by atoms with Gasteiger partial charge in [0.05, 0.1) is 18.8 Å². The van der Waals surface area contributed by atoms with Gasteiger partial charge in [-0.25, -0.2) is 0 Å². The Balaban J connectivity index is 1.87. The van der Waals surface area contributed by atoms with Gasteiger partial charge in [0.15, 0.2) is 5.96 Å². The molecule has 0 radical (unpaired) electrons. The Hall–Kier alpha value is -1.75. The van der Waals surface area contributed by atoms with Gasteiger partial charge in [-0.05, 0) is 25.3 Å². The quantitative estimate of drug-likeness (QED) is 0.595. The number of nitrogens with one attached hydrogen (secondary N) is 2. The number of para-hydroxylation sites is 1. The van der Waals surface area contributed by atoms with Crippen molar-refractivity contribution < 1.29 is 9.47 Å². The molecular weight excluding hydrogens is 302 g/mol. The molecule has 24 heavy (non-hydrogen) atoms.